The standard InChI is InChI=1S/C50H29N5/c1-51-32-27-29-46-40(30-32)37-17-6-11-22-44(37)55(46)49-31-33(52-2)26-28-38(49)36-16-5-10-21-43(36)54-45-23-12-7-18-39(45)50-47(24-13-25-48(50)54)53-41-19-8-3-14-34(41)35-15-4-9-20-42(35)53/h3-31H. The molecule has 0 radical (unpaired) electrons. The van der Waals surface area contributed by atoms with Crippen LogP contribution in [0.25, 0.3) is 103 Å². The van der Waals surface area contributed by atoms with Gasteiger partial charge in [0.05, 0.1) is 57.6 Å². The van der Waals surface area contributed by atoms with E-state index in [1.807, 2.05) is 42.5 Å². The minimum atomic E-state index is 0.563. The second-order valence-electron chi connectivity index (χ2n) is 13.9. The second kappa shape index (κ2) is 11.8. The Balaban J connectivity index is 1.22. The smallest absolute Gasteiger partial charge is 0.189 e. The number of fused-ring (bicyclic) bond motifs is 9. The molecule has 11 aromatic rings. The maximum atomic E-state index is 8.01. The van der Waals surface area contributed by atoms with E-state index in [9.17, 15) is 0 Å². The molecule has 5 heteroatoms. The van der Waals surface area contributed by atoms with E-state index in [-0.39, 0.29) is 0 Å². The highest BCUT2D eigenvalue weighted by atomic mass is 15.0. The van der Waals surface area contributed by atoms with Crippen molar-refractivity contribution in [3.63, 3.8) is 0 Å². The van der Waals surface area contributed by atoms with Gasteiger partial charge in [0.25, 0.3) is 0 Å². The van der Waals surface area contributed by atoms with Gasteiger partial charge < -0.3 is 13.7 Å². The summed E-state index contributed by atoms with van der Waals surface area (Å²) in [4.78, 5) is 7.62. The van der Waals surface area contributed by atoms with E-state index in [0.717, 1.165) is 61.0 Å². The normalized spacial score (nSPS) is 11.6. The largest absolute Gasteiger partial charge is 0.310 e. The summed E-state index contributed by atoms with van der Waals surface area (Å²) in [7, 11) is 0. The molecule has 0 fully saturated rings. The molecular weight excluding hydrogens is 671 g/mol. The fourth-order valence-corrected chi connectivity index (χ4v) is 8.82. The highest BCUT2D eigenvalue weighted by molar-refractivity contribution is 6.17. The van der Waals surface area contributed by atoms with Crippen LogP contribution in [0.2, 0.25) is 0 Å². The Hall–Kier alpha value is -7.86. The lowest BCUT2D eigenvalue weighted by Crippen LogP contribution is -2.01. The van der Waals surface area contributed by atoms with Gasteiger partial charge in [-0.3, -0.25) is 0 Å². The van der Waals surface area contributed by atoms with Gasteiger partial charge in [-0.2, -0.15) is 0 Å². The SMILES string of the molecule is [C-]#[N+]c1ccc(-c2ccccc2-n2c3ccccc3c3c(-n4c5ccccc5c5ccccc54)cccc32)c(-n2c3ccccc3c3cc([N+]#[C-])ccc32)c1. The van der Waals surface area contributed by atoms with Crippen molar-refractivity contribution in [2.45, 2.75) is 0 Å². The number of benzene rings is 8. The average molecular weight is 700 g/mol. The molecule has 5 nitrogen and oxygen atoms in total. The third-order valence-corrected chi connectivity index (χ3v) is 11.1. The lowest BCUT2D eigenvalue weighted by molar-refractivity contribution is 1.16. The molecule has 55 heavy (non-hydrogen) atoms. The van der Waals surface area contributed by atoms with Gasteiger partial charge in [0.2, 0.25) is 0 Å². The first kappa shape index (κ1) is 30.7. The molecular formula is C50H29N5. The molecule has 0 amide bonds. The van der Waals surface area contributed by atoms with Crippen molar-refractivity contribution in [2.75, 3.05) is 0 Å². The van der Waals surface area contributed by atoms with Gasteiger partial charge >= 0.3 is 0 Å². The minimum Gasteiger partial charge on any atom is -0.310 e. The van der Waals surface area contributed by atoms with Crippen molar-refractivity contribution < 1.29 is 0 Å². The molecule has 3 heterocycles. The van der Waals surface area contributed by atoms with Crippen molar-refractivity contribution in [1.29, 1.82) is 0 Å². The van der Waals surface area contributed by atoms with Gasteiger partial charge in [-0.15, -0.1) is 0 Å². The Morgan fingerprint density at radius 1 is 0.309 bits per heavy atom. The van der Waals surface area contributed by atoms with Crippen molar-refractivity contribution in [3.05, 3.63) is 199 Å². The molecule has 0 unspecified atom stereocenters. The zero-order chi connectivity index (χ0) is 36.6. The predicted molar refractivity (Wildman–Crippen MR) is 227 cm³/mol. The van der Waals surface area contributed by atoms with Crippen LogP contribution in [-0.4, -0.2) is 13.7 Å². The van der Waals surface area contributed by atoms with Crippen LogP contribution >= 0.6 is 0 Å². The second-order valence-corrected chi connectivity index (χ2v) is 13.9. The Morgan fingerprint density at radius 2 is 0.745 bits per heavy atom. The van der Waals surface area contributed by atoms with Crippen LogP contribution in [0, 0.1) is 13.1 Å². The molecule has 0 bridgehead atoms. The fraction of sp³-hybridized carbons (Fsp3) is 0. The summed E-state index contributed by atoms with van der Waals surface area (Å²) in [5.74, 6) is 0. The molecule has 3 aromatic heterocycles. The maximum Gasteiger partial charge on any atom is 0.189 e. The molecule has 8 aromatic carbocycles. The van der Waals surface area contributed by atoms with Crippen LogP contribution in [0.5, 0.6) is 0 Å². The van der Waals surface area contributed by atoms with Gasteiger partial charge in [0.1, 0.15) is 0 Å². The van der Waals surface area contributed by atoms with E-state index in [1.165, 1.54) is 32.6 Å². The van der Waals surface area contributed by atoms with Crippen LogP contribution in [0.15, 0.2) is 176 Å². The topological polar surface area (TPSA) is 23.5 Å². The molecule has 0 aliphatic carbocycles. The van der Waals surface area contributed by atoms with Crippen molar-refractivity contribution in [1.82, 2.24) is 13.7 Å². The molecule has 254 valence electrons. The number of nitrogens with zero attached hydrogens (tertiary/aromatic N) is 5. The van der Waals surface area contributed by atoms with Gasteiger partial charge in [0.15, 0.2) is 11.4 Å². The van der Waals surface area contributed by atoms with Gasteiger partial charge in [-0.25, -0.2) is 9.69 Å². The summed E-state index contributed by atoms with van der Waals surface area (Å²) in [6.07, 6.45) is 0. The minimum absolute atomic E-state index is 0.563. The van der Waals surface area contributed by atoms with Crippen molar-refractivity contribution in [3.8, 4) is 28.2 Å². The predicted octanol–water partition coefficient (Wildman–Crippen LogP) is 13.7. The number of hydrogen-bond donors (Lipinski definition) is 0. The Morgan fingerprint density at radius 3 is 1.42 bits per heavy atom. The summed E-state index contributed by atoms with van der Waals surface area (Å²) in [6, 6.07) is 61.5. The molecule has 0 saturated carbocycles. The summed E-state index contributed by atoms with van der Waals surface area (Å²) in [5.41, 5.74) is 12.9. The summed E-state index contributed by atoms with van der Waals surface area (Å²) in [5, 5.41) is 6.89. The van der Waals surface area contributed by atoms with Crippen LogP contribution < -0.4 is 0 Å². The van der Waals surface area contributed by atoms with E-state index in [1.54, 1.807) is 0 Å². The molecule has 0 atom stereocenters. The zero-order valence-electron chi connectivity index (χ0n) is 29.5. The first-order valence-electron chi connectivity index (χ1n) is 18.3. The first-order valence-corrected chi connectivity index (χ1v) is 18.3. The monoisotopic (exact) mass is 699 g/mol. The molecule has 0 saturated heterocycles. The third kappa shape index (κ3) is 4.39. The summed E-state index contributed by atoms with van der Waals surface area (Å²) in [6.45, 7) is 15.7. The summed E-state index contributed by atoms with van der Waals surface area (Å²) < 4.78 is 7.07. The Labute approximate surface area is 316 Å². The zero-order valence-corrected chi connectivity index (χ0v) is 29.5. The molecule has 11 rings (SSSR count). The quantitative estimate of drug-likeness (QED) is 0.163. The lowest BCUT2D eigenvalue weighted by Gasteiger charge is -2.19. The van der Waals surface area contributed by atoms with Crippen molar-refractivity contribution >= 4 is 76.8 Å². The maximum absolute atomic E-state index is 8.01. The van der Waals surface area contributed by atoms with Gasteiger partial charge in [-0.05, 0) is 66.0 Å². The lowest BCUT2D eigenvalue weighted by atomic mass is 10.00. The van der Waals surface area contributed by atoms with Crippen LogP contribution in [0.1, 0.15) is 0 Å². The number of rotatable bonds is 4. The van der Waals surface area contributed by atoms with E-state index >= 15 is 0 Å². The van der Waals surface area contributed by atoms with Gasteiger partial charge in [-0.1, -0.05) is 115 Å². The van der Waals surface area contributed by atoms with E-state index in [2.05, 4.69) is 157 Å². The first-order chi connectivity index (χ1) is 27.2. The van der Waals surface area contributed by atoms with Crippen LogP contribution in [-0.2, 0) is 0 Å². The number of hydrogen-bond acceptors (Lipinski definition) is 0. The third-order valence-electron chi connectivity index (χ3n) is 11.1. The summed E-state index contributed by atoms with van der Waals surface area (Å²) >= 11 is 0. The Bertz CT molecular complexity index is 3420. The highest BCUT2D eigenvalue weighted by Gasteiger charge is 2.23. The van der Waals surface area contributed by atoms with E-state index < -0.39 is 0 Å². The highest BCUT2D eigenvalue weighted by Crippen LogP contribution is 2.44. The molecule has 0 aliphatic rings. The number of aromatic nitrogens is 3. The van der Waals surface area contributed by atoms with E-state index in [0.29, 0.717) is 11.4 Å². The number of para-hydroxylation sites is 5. The Kier molecular flexibility index (Phi) is 6.61. The molecule has 0 N–H and O–H groups in total. The van der Waals surface area contributed by atoms with Crippen LogP contribution in [0.3, 0.4) is 0 Å². The average Bonchev–Trinajstić information content (AvgIpc) is 3.89. The fourth-order valence-electron chi connectivity index (χ4n) is 8.82. The van der Waals surface area contributed by atoms with Crippen LogP contribution in [0.4, 0.5) is 11.4 Å². The van der Waals surface area contributed by atoms with Crippen molar-refractivity contribution in [2.24, 2.45) is 0 Å². The molecule has 0 spiro atoms. The van der Waals surface area contributed by atoms with E-state index in [4.69, 9.17) is 13.1 Å². The molecule has 0 aliphatic heterocycles. The van der Waals surface area contributed by atoms with Gasteiger partial charge in [0, 0.05) is 43.7 Å².